The van der Waals surface area contributed by atoms with Gasteiger partial charge in [-0.1, -0.05) is 18.2 Å². The number of carbonyl (C=O) groups excluding carboxylic acids is 1. The van der Waals surface area contributed by atoms with Gasteiger partial charge in [0.15, 0.2) is 0 Å². The molecule has 37 heavy (non-hydrogen) atoms. The van der Waals surface area contributed by atoms with Crippen LogP contribution in [-0.4, -0.2) is 72.1 Å². The molecule has 0 bridgehead atoms. The molecule has 2 fully saturated rings. The lowest BCUT2D eigenvalue weighted by Crippen LogP contribution is -2.48. The maximum atomic E-state index is 13.8. The topological polar surface area (TPSA) is 149 Å². The van der Waals surface area contributed by atoms with Crippen molar-refractivity contribution in [2.75, 3.05) is 33.8 Å². The van der Waals surface area contributed by atoms with Crippen LogP contribution in [0.3, 0.4) is 0 Å². The second kappa shape index (κ2) is 11.0. The van der Waals surface area contributed by atoms with Crippen LogP contribution >= 0.6 is 7.82 Å². The highest BCUT2D eigenvalue weighted by Crippen LogP contribution is 2.43. The van der Waals surface area contributed by atoms with Crippen molar-refractivity contribution in [3.8, 4) is 0 Å². The SMILES string of the molecule is C[N+]1(C)CCC(OP(=O)([O-])OC[C@H]2O[C@@H](n3cc(F)c(=O)[nH]c3=O)C[C@@H]2OC(=O)c2ccccc2)CC1. The number of phosphoric ester groups is 1. The second-order valence-electron chi connectivity index (χ2n) is 9.75. The molecule has 0 saturated carbocycles. The number of nitrogens with one attached hydrogen (secondary N) is 1. The van der Waals surface area contributed by atoms with Gasteiger partial charge in [-0.05, 0) is 12.1 Å². The molecular formula is C23H29FN3O9P. The third-order valence-corrected chi connectivity index (χ3v) is 7.49. The minimum Gasteiger partial charge on any atom is -0.756 e. The number of benzene rings is 1. The molecule has 1 N–H and O–H groups in total. The maximum Gasteiger partial charge on any atom is 0.338 e. The highest BCUT2D eigenvalue weighted by atomic mass is 31.2. The van der Waals surface area contributed by atoms with E-state index in [0.29, 0.717) is 19.0 Å². The molecule has 0 spiro atoms. The first-order valence-corrected chi connectivity index (χ1v) is 13.3. The summed E-state index contributed by atoms with van der Waals surface area (Å²) in [5.41, 5.74) is -1.89. The van der Waals surface area contributed by atoms with Gasteiger partial charge in [-0.3, -0.25) is 18.9 Å². The summed E-state index contributed by atoms with van der Waals surface area (Å²) in [6, 6.07) is 8.07. The van der Waals surface area contributed by atoms with Gasteiger partial charge in [0.1, 0.15) is 18.4 Å². The van der Waals surface area contributed by atoms with Gasteiger partial charge in [0, 0.05) is 19.3 Å². The van der Waals surface area contributed by atoms with E-state index in [9.17, 15) is 28.2 Å². The van der Waals surface area contributed by atoms with E-state index in [1.54, 1.807) is 18.2 Å². The Hall–Kier alpha value is -2.67. The Morgan fingerprint density at radius 2 is 1.92 bits per heavy atom. The van der Waals surface area contributed by atoms with Crippen LogP contribution in [0.5, 0.6) is 0 Å². The normalized spacial score (nSPS) is 25.5. The molecule has 4 rings (SSSR count). The van der Waals surface area contributed by atoms with E-state index in [2.05, 4.69) is 0 Å². The maximum absolute atomic E-state index is 13.8. The number of halogens is 1. The first kappa shape index (κ1) is 27.4. The van der Waals surface area contributed by atoms with Crippen LogP contribution < -0.4 is 16.1 Å². The number of aromatic nitrogens is 2. The van der Waals surface area contributed by atoms with E-state index in [-0.39, 0.29) is 12.0 Å². The van der Waals surface area contributed by atoms with Crippen LogP contribution in [0.2, 0.25) is 0 Å². The van der Waals surface area contributed by atoms with Crippen LogP contribution in [0.4, 0.5) is 4.39 Å². The number of piperidine rings is 1. The summed E-state index contributed by atoms with van der Waals surface area (Å²) in [5, 5.41) is 0. The minimum absolute atomic E-state index is 0.127. The van der Waals surface area contributed by atoms with E-state index in [4.69, 9.17) is 18.5 Å². The zero-order valence-electron chi connectivity index (χ0n) is 20.4. The third-order valence-electron chi connectivity index (χ3n) is 6.47. The van der Waals surface area contributed by atoms with Gasteiger partial charge in [-0.25, -0.2) is 9.59 Å². The van der Waals surface area contributed by atoms with Gasteiger partial charge in [-0.2, -0.15) is 4.39 Å². The fraction of sp³-hybridized carbons (Fsp3) is 0.522. The van der Waals surface area contributed by atoms with Gasteiger partial charge in [0.2, 0.25) is 5.82 Å². The Balaban J connectivity index is 1.46. The number of esters is 1. The molecule has 2 saturated heterocycles. The number of nitrogens with zero attached hydrogens (tertiary/aromatic N) is 2. The number of H-pyrrole nitrogens is 1. The highest BCUT2D eigenvalue weighted by molar-refractivity contribution is 7.45. The molecule has 4 atom stereocenters. The number of aromatic amines is 1. The van der Waals surface area contributed by atoms with E-state index in [0.717, 1.165) is 22.1 Å². The van der Waals surface area contributed by atoms with Crippen molar-refractivity contribution < 1.29 is 41.6 Å². The summed E-state index contributed by atoms with van der Waals surface area (Å²) in [5.74, 6) is -1.92. The van der Waals surface area contributed by atoms with Crippen LogP contribution in [0.15, 0.2) is 46.1 Å². The zero-order chi connectivity index (χ0) is 26.8. The number of ether oxygens (including phenoxy) is 2. The van der Waals surface area contributed by atoms with Crippen molar-refractivity contribution in [3.05, 3.63) is 68.7 Å². The molecule has 2 aliphatic heterocycles. The number of carbonyl (C=O) groups is 1. The van der Waals surface area contributed by atoms with E-state index in [1.807, 2.05) is 19.1 Å². The van der Waals surface area contributed by atoms with Gasteiger partial charge >= 0.3 is 11.7 Å². The monoisotopic (exact) mass is 541 g/mol. The molecule has 1 unspecified atom stereocenters. The van der Waals surface area contributed by atoms with Crippen molar-refractivity contribution in [2.45, 2.75) is 43.8 Å². The first-order chi connectivity index (χ1) is 17.4. The summed E-state index contributed by atoms with van der Waals surface area (Å²) < 4.78 is 49.5. The van der Waals surface area contributed by atoms with Crippen LogP contribution in [0, 0.1) is 5.82 Å². The van der Waals surface area contributed by atoms with E-state index >= 15 is 0 Å². The Bertz CT molecular complexity index is 1270. The lowest BCUT2D eigenvalue weighted by molar-refractivity contribution is -0.896. The Kier molecular flexibility index (Phi) is 8.12. The Morgan fingerprint density at radius 1 is 1.24 bits per heavy atom. The van der Waals surface area contributed by atoms with E-state index < -0.39 is 62.0 Å². The lowest BCUT2D eigenvalue weighted by atomic mass is 10.1. The number of hydrogen-bond acceptors (Lipinski definition) is 9. The molecule has 2 aromatic rings. The van der Waals surface area contributed by atoms with Crippen molar-refractivity contribution >= 4 is 13.8 Å². The molecule has 0 amide bonds. The predicted molar refractivity (Wildman–Crippen MR) is 125 cm³/mol. The molecule has 1 aromatic carbocycles. The van der Waals surface area contributed by atoms with Crippen molar-refractivity contribution in [3.63, 3.8) is 0 Å². The number of phosphoric acid groups is 1. The summed E-state index contributed by atoms with van der Waals surface area (Å²) in [6.45, 7) is 0.930. The summed E-state index contributed by atoms with van der Waals surface area (Å²) >= 11 is 0. The largest absolute Gasteiger partial charge is 0.756 e. The van der Waals surface area contributed by atoms with Crippen molar-refractivity contribution in [1.82, 2.24) is 9.55 Å². The van der Waals surface area contributed by atoms with Gasteiger partial charge in [-0.15, -0.1) is 0 Å². The summed E-state index contributed by atoms with van der Waals surface area (Å²) in [7, 11) is -0.644. The fourth-order valence-electron chi connectivity index (χ4n) is 4.33. The molecule has 2 aliphatic rings. The van der Waals surface area contributed by atoms with Gasteiger partial charge in [0.05, 0.1) is 51.7 Å². The smallest absolute Gasteiger partial charge is 0.338 e. The molecule has 14 heteroatoms. The number of likely N-dealkylation sites (tertiary alicyclic amines) is 1. The standard InChI is InChI=1S/C23H29FN3O9P/c1-27(2)10-8-16(9-11-27)36-37(31,32)33-14-19-18(35-22(29)15-6-4-3-5-7-15)12-20(34-19)26-13-17(24)21(28)25-23(26)30/h3-7,13,16,18-20H,8-12,14H2,1-2H3,(H-,25,28,30,31,32)/t18-,19+,20+/m0/s1. The molecule has 1 aromatic heterocycles. The molecule has 0 aliphatic carbocycles. The third kappa shape index (κ3) is 7.01. The minimum atomic E-state index is -4.74. The Morgan fingerprint density at radius 3 is 2.59 bits per heavy atom. The highest BCUT2D eigenvalue weighted by Gasteiger charge is 2.41. The summed E-state index contributed by atoms with van der Waals surface area (Å²) in [6.07, 6.45) is -2.22. The van der Waals surface area contributed by atoms with Crippen LogP contribution in [-0.2, 0) is 23.1 Å². The zero-order valence-corrected chi connectivity index (χ0v) is 21.3. The van der Waals surface area contributed by atoms with Gasteiger partial charge < -0.3 is 27.9 Å². The average Bonchev–Trinajstić information content (AvgIpc) is 3.24. The quantitative estimate of drug-likeness (QED) is 0.293. The number of hydrogen-bond donors (Lipinski definition) is 1. The molecule has 3 heterocycles. The van der Waals surface area contributed by atoms with Gasteiger partial charge in [0.25, 0.3) is 13.4 Å². The van der Waals surface area contributed by atoms with Crippen LogP contribution in [0.25, 0.3) is 0 Å². The Labute approximate surface area is 211 Å². The summed E-state index contributed by atoms with van der Waals surface area (Å²) in [4.78, 5) is 50.6. The van der Waals surface area contributed by atoms with E-state index in [1.165, 1.54) is 12.1 Å². The predicted octanol–water partition coefficient (Wildman–Crippen LogP) is 0.929. The number of quaternary nitrogens is 1. The molecule has 202 valence electrons. The van der Waals surface area contributed by atoms with Crippen molar-refractivity contribution in [1.29, 1.82) is 0 Å². The fourth-order valence-corrected chi connectivity index (χ4v) is 5.29. The molecule has 0 radical (unpaired) electrons. The average molecular weight is 541 g/mol. The molecule has 12 nitrogen and oxygen atoms in total. The lowest BCUT2D eigenvalue weighted by Gasteiger charge is -2.38. The first-order valence-electron chi connectivity index (χ1n) is 11.8. The van der Waals surface area contributed by atoms with Crippen LogP contribution in [0.1, 0.15) is 35.8 Å². The van der Waals surface area contributed by atoms with Crippen molar-refractivity contribution in [2.24, 2.45) is 0 Å². The number of rotatable bonds is 8. The second-order valence-corrected chi connectivity index (χ2v) is 11.1. The molecular weight excluding hydrogens is 512 g/mol.